The number of rotatable bonds is 3. The molecule has 1 amide bonds. The van der Waals surface area contributed by atoms with Gasteiger partial charge in [-0.15, -0.1) is 0 Å². The lowest BCUT2D eigenvalue weighted by atomic mass is 10.1. The molecule has 3 aromatic carbocycles. The highest BCUT2D eigenvalue weighted by atomic mass is 16.7. The van der Waals surface area contributed by atoms with Crippen LogP contribution in [0.1, 0.15) is 11.7 Å². The van der Waals surface area contributed by atoms with E-state index in [1.165, 1.54) is 0 Å². The molecule has 1 fully saturated rings. The number of benzene rings is 3. The highest BCUT2D eigenvalue weighted by Gasteiger charge is 2.43. The summed E-state index contributed by atoms with van der Waals surface area (Å²) in [6.07, 6.45) is -0.912. The van der Waals surface area contributed by atoms with Crippen molar-refractivity contribution in [2.24, 2.45) is 0 Å². The van der Waals surface area contributed by atoms with Crippen LogP contribution in [0.25, 0.3) is 0 Å². The van der Waals surface area contributed by atoms with E-state index in [0.29, 0.717) is 11.5 Å². The molecule has 6 nitrogen and oxygen atoms in total. The Morgan fingerprint density at radius 3 is 2.19 bits per heavy atom. The Morgan fingerprint density at radius 1 is 0.778 bits per heavy atom. The molecule has 5 rings (SSSR count). The normalized spacial score (nSPS) is 17.9. The lowest BCUT2D eigenvalue weighted by Gasteiger charge is -2.27. The summed E-state index contributed by atoms with van der Waals surface area (Å²) in [5.74, 6) is 1.36. The summed E-state index contributed by atoms with van der Waals surface area (Å²) in [5, 5.41) is 1.62. The average molecular weight is 360 g/mol. The summed E-state index contributed by atoms with van der Waals surface area (Å²) in [4.78, 5) is 20.1. The summed E-state index contributed by atoms with van der Waals surface area (Å²) in [7, 11) is 0. The number of fused-ring (bicyclic) bond motifs is 1. The van der Waals surface area contributed by atoms with E-state index in [1.807, 2.05) is 78.9 Å². The molecule has 6 heteroatoms. The summed E-state index contributed by atoms with van der Waals surface area (Å²) in [5.41, 5.74) is 2.40. The van der Waals surface area contributed by atoms with Gasteiger partial charge in [0.1, 0.15) is 0 Å². The monoisotopic (exact) mass is 360 g/mol. The zero-order valence-electron chi connectivity index (χ0n) is 14.3. The number of hydroxylamine groups is 1. The number of hydrogen-bond donors (Lipinski definition) is 0. The minimum Gasteiger partial charge on any atom is -0.454 e. The smallest absolute Gasteiger partial charge is 0.440 e. The first-order valence-electron chi connectivity index (χ1n) is 8.61. The fraction of sp³-hybridized carbons (Fsp3) is 0.0952. The predicted octanol–water partition coefficient (Wildman–Crippen LogP) is 4.49. The Hall–Kier alpha value is -3.67. The van der Waals surface area contributed by atoms with Gasteiger partial charge in [-0.3, -0.25) is 0 Å². The second kappa shape index (κ2) is 6.25. The minimum atomic E-state index is -0.475. The predicted molar refractivity (Wildman–Crippen MR) is 99.6 cm³/mol. The van der Waals surface area contributed by atoms with Gasteiger partial charge in [-0.2, -0.15) is 5.06 Å². The third-order valence-electron chi connectivity index (χ3n) is 4.58. The van der Waals surface area contributed by atoms with E-state index in [9.17, 15) is 4.79 Å². The van der Waals surface area contributed by atoms with Gasteiger partial charge >= 0.3 is 6.09 Å². The highest BCUT2D eigenvalue weighted by molar-refractivity contribution is 5.92. The van der Waals surface area contributed by atoms with E-state index < -0.39 is 12.3 Å². The van der Waals surface area contributed by atoms with Gasteiger partial charge in [0.25, 0.3) is 0 Å². The van der Waals surface area contributed by atoms with Gasteiger partial charge < -0.3 is 14.3 Å². The largest absolute Gasteiger partial charge is 0.454 e. The first-order valence-corrected chi connectivity index (χ1v) is 8.61. The SMILES string of the molecule is O=C1ON(c2ccccc2)[C@H](c2ccc3c(c2)OCO3)N1c1ccccc1. The molecule has 1 saturated heterocycles. The summed E-state index contributed by atoms with van der Waals surface area (Å²) in [6, 6.07) is 24.7. The van der Waals surface area contributed by atoms with E-state index in [1.54, 1.807) is 9.96 Å². The Balaban J connectivity index is 1.63. The van der Waals surface area contributed by atoms with Gasteiger partial charge in [-0.1, -0.05) is 42.5 Å². The second-order valence-corrected chi connectivity index (χ2v) is 6.21. The number of hydrogen-bond acceptors (Lipinski definition) is 5. The van der Waals surface area contributed by atoms with Crippen LogP contribution in [0, 0.1) is 0 Å². The Kier molecular flexibility index (Phi) is 3.60. The maximum Gasteiger partial charge on any atom is 0.440 e. The third-order valence-corrected chi connectivity index (χ3v) is 4.58. The molecular weight excluding hydrogens is 344 g/mol. The van der Waals surface area contributed by atoms with Gasteiger partial charge in [-0.25, -0.2) is 9.69 Å². The van der Waals surface area contributed by atoms with Gasteiger partial charge in [0.05, 0.1) is 5.69 Å². The number of carbonyl (C=O) groups excluding carboxylic acids is 1. The van der Waals surface area contributed by atoms with Crippen LogP contribution in [0.4, 0.5) is 16.2 Å². The maximum absolute atomic E-state index is 12.8. The van der Waals surface area contributed by atoms with Crippen LogP contribution >= 0.6 is 0 Å². The van der Waals surface area contributed by atoms with Crippen molar-refractivity contribution in [2.75, 3.05) is 16.8 Å². The van der Waals surface area contributed by atoms with Crippen molar-refractivity contribution in [3.05, 3.63) is 84.4 Å². The number of carbonyl (C=O) groups is 1. The number of amides is 1. The molecule has 0 saturated carbocycles. The van der Waals surface area contributed by atoms with Crippen molar-refractivity contribution in [3.63, 3.8) is 0 Å². The quantitative estimate of drug-likeness (QED) is 0.689. The number of anilines is 2. The van der Waals surface area contributed by atoms with E-state index >= 15 is 0 Å². The summed E-state index contributed by atoms with van der Waals surface area (Å²) < 4.78 is 10.9. The Bertz CT molecular complexity index is 978. The maximum atomic E-state index is 12.8. The number of para-hydroxylation sites is 2. The number of ether oxygens (including phenoxy) is 2. The molecule has 0 aromatic heterocycles. The first-order chi connectivity index (χ1) is 13.3. The topological polar surface area (TPSA) is 51.2 Å². The third kappa shape index (κ3) is 2.62. The van der Waals surface area contributed by atoms with E-state index in [2.05, 4.69) is 0 Å². The van der Waals surface area contributed by atoms with Crippen LogP contribution in [0.3, 0.4) is 0 Å². The zero-order chi connectivity index (χ0) is 18.2. The van der Waals surface area contributed by atoms with Crippen molar-refractivity contribution < 1.29 is 19.1 Å². The molecule has 27 heavy (non-hydrogen) atoms. The van der Waals surface area contributed by atoms with E-state index in [4.69, 9.17) is 14.3 Å². The molecule has 0 unspecified atom stereocenters. The molecule has 1 atom stereocenters. The molecule has 3 aromatic rings. The zero-order valence-corrected chi connectivity index (χ0v) is 14.3. The highest BCUT2D eigenvalue weighted by Crippen LogP contribution is 2.42. The summed E-state index contributed by atoms with van der Waals surface area (Å²) >= 11 is 0. The van der Waals surface area contributed by atoms with Crippen LogP contribution in [-0.2, 0) is 4.84 Å². The van der Waals surface area contributed by atoms with Gasteiger partial charge in [-0.05, 0) is 36.4 Å². The molecular formula is C21H16N2O4. The minimum absolute atomic E-state index is 0.198. The average Bonchev–Trinajstić information content (AvgIpc) is 3.32. The van der Waals surface area contributed by atoms with Crippen LogP contribution in [0.2, 0.25) is 0 Å². The molecule has 0 bridgehead atoms. The molecule has 0 spiro atoms. The molecule has 0 radical (unpaired) electrons. The lowest BCUT2D eigenvalue weighted by molar-refractivity contribution is 0.164. The van der Waals surface area contributed by atoms with Crippen molar-refractivity contribution >= 4 is 17.5 Å². The molecule has 2 aliphatic heterocycles. The van der Waals surface area contributed by atoms with Crippen molar-refractivity contribution in [1.29, 1.82) is 0 Å². The van der Waals surface area contributed by atoms with E-state index in [-0.39, 0.29) is 6.79 Å². The van der Waals surface area contributed by atoms with E-state index in [0.717, 1.165) is 16.9 Å². The van der Waals surface area contributed by atoms with Gasteiger partial charge in [0.15, 0.2) is 17.7 Å². The van der Waals surface area contributed by atoms with Crippen molar-refractivity contribution in [3.8, 4) is 11.5 Å². The standard InChI is InChI=1S/C21H16N2O4/c24-21-22(16-7-3-1-4-8-16)20(23(27-21)17-9-5-2-6-10-17)15-11-12-18-19(13-15)26-14-25-18/h1-13,20H,14H2/t20-/m1/s1. The fourth-order valence-corrected chi connectivity index (χ4v) is 3.34. The lowest BCUT2D eigenvalue weighted by Crippen LogP contribution is -2.31. The molecule has 134 valence electrons. The van der Waals surface area contributed by atoms with Crippen LogP contribution < -0.4 is 19.4 Å². The Morgan fingerprint density at radius 2 is 1.44 bits per heavy atom. The van der Waals surface area contributed by atoms with Gasteiger partial charge in [0.2, 0.25) is 6.79 Å². The van der Waals surface area contributed by atoms with Crippen LogP contribution in [0.15, 0.2) is 78.9 Å². The second-order valence-electron chi connectivity index (χ2n) is 6.21. The molecule has 0 aliphatic carbocycles. The molecule has 0 N–H and O–H groups in total. The first kappa shape index (κ1) is 15.6. The van der Waals surface area contributed by atoms with Gasteiger partial charge in [0, 0.05) is 11.3 Å². The molecule has 2 heterocycles. The van der Waals surface area contributed by atoms with Crippen LogP contribution in [-0.4, -0.2) is 12.9 Å². The Labute approximate surface area is 156 Å². The van der Waals surface area contributed by atoms with Crippen molar-refractivity contribution in [2.45, 2.75) is 6.17 Å². The van der Waals surface area contributed by atoms with Crippen LogP contribution in [0.5, 0.6) is 11.5 Å². The fourth-order valence-electron chi connectivity index (χ4n) is 3.34. The van der Waals surface area contributed by atoms with Crippen molar-refractivity contribution in [1.82, 2.24) is 0 Å². The summed E-state index contributed by atoms with van der Waals surface area (Å²) in [6.45, 7) is 0.198. The number of nitrogens with zero attached hydrogens (tertiary/aromatic N) is 2. The molecule has 2 aliphatic rings.